The van der Waals surface area contributed by atoms with E-state index in [1.54, 1.807) is 27.4 Å². The van der Waals surface area contributed by atoms with Crippen molar-refractivity contribution in [2.45, 2.75) is 32.4 Å². The van der Waals surface area contributed by atoms with Crippen LogP contribution in [0.1, 0.15) is 36.1 Å². The van der Waals surface area contributed by atoms with E-state index in [-0.39, 0.29) is 12.6 Å². The maximum absolute atomic E-state index is 11.0. The second-order valence-electron chi connectivity index (χ2n) is 6.99. The van der Waals surface area contributed by atoms with Crippen LogP contribution in [0, 0.1) is 0 Å². The molecule has 0 aliphatic heterocycles. The molecule has 1 aliphatic rings. The van der Waals surface area contributed by atoms with Gasteiger partial charge in [-0.2, -0.15) is 0 Å². The predicted octanol–water partition coefficient (Wildman–Crippen LogP) is 2.95. The van der Waals surface area contributed by atoms with Crippen LogP contribution in [-0.2, 0) is 22.1 Å². The summed E-state index contributed by atoms with van der Waals surface area (Å²) >= 11 is 0. The molecule has 3 rings (SSSR count). The highest BCUT2D eigenvalue weighted by molar-refractivity contribution is 7.44. The third-order valence-corrected chi connectivity index (χ3v) is 5.68. The normalized spacial score (nSPS) is 17.3. The molecule has 0 radical (unpaired) electrons. The molecule has 2 aromatic rings. The van der Waals surface area contributed by atoms with Gasteiger partial charge in [0.05, 0.1) is 27.9 Å². The number of nitrogens with one attached hydrogen (secondary N) is 1. The highest BCUT2D eigenvalue weighted by atomic mass is 31.2. The van der Waals surface area contributed by atoms with Crippen LogP contribution in [0.25, 0.3) is 11.1 Å². The number of hydrogen-bond donors (Lipinski definition) is 2. The summed E-state index contributed by atoms with van der Waals surface area (Å²) < 4.78 is 32.4. The van der Waals surface area contributed by atoms with Crippen LogP contribution in [0.15, 0.2) is 24.3 Å². The van der Waals surface area contributed by atoms with Crippen molar-refractivity contribution in [3.8, 4) is 28.4 Å². The third-order valence-electron chi connectivity index (χ3n) is 5.22. The summed E-state index contributed by atoms with van der Waals surface area (Å²) in [7, 11) is -0.0345. The average Bonchev–Trinajstić information content (AvgIpc) is 2.87. The van der Waals surface area contributed by atoms with Crippen LogP contribution < -0.4 is 24.4 Å². The van der Waals surface area contributed by atoms with Gasteiger partial charge in [-0.3, -0.25) is 4.57 Å². The van der Waals surface area contributed by atoms with Gasteiger partial charge in [-0.1, -0.05) is 25.1 Å². The molecule has 0 aromatic heterocycles. The lowest BCUT2D eigenvalue weighted by Crippen LogP contribution is -2.21. The standard InChI is InChI=1S/C21H28NO7P/c1-5-22-17-9-7-14-11-18(26-2)20(27-3)21(28-4)19(14)15-8-6-13(10-16(15)17)12-29-30(23,24)25/h6,8,10-11,17,22H,5,7,9,12H2,1-4H3,(H2,23,24,25)/p-1/t17-/m0/s1. The Balaban J connectivity index is 2.19. The minimum absolute atomic E-state index is 0.0484. The first kappa shape index (κ1) is 22.6. The maximum Gasteiger partial charge on any atom is 0.265 e. The van der Waals surface area contributed by atoms with E-state index in [1.165, 1.54) is 0 Å². The van der Waals surface area contributed by atoms with Crippen LogP contribution in [0.4, 0.5) is 0 Å². The molecule has 0 saturated carbocycles. The van der Waals surface area contributed by atoms with Crippen LogP contribution in [-0.4, -0.2) is 32.8 Å². The van der Waals surface area contributed by atoms with Crippen molar-refractivity contribution in [1.82, 2.24) is 5.32 Å². The average molecular weight is 436 g/mol. The van der Waals surface area contributed by atoms with Crippen molar-refractivity contribution >= 4 is 7.82 Å². The Morgan fingerprint density at radius 3 is 2.50 bits per heavy atom. The molecule has 30 heavy (non-hydrogen) atoms. The molecule has 0 saturated heterocycles. The van der Waals surface area contributed by atoms with Crippen LogP contribution in [0.3, 0.4) is 0 Å². The summed E-state index contributed by atoms with van der Waals surface area (Å²) in [6.45, 7) is 2.58. The highest BCUT2D eigenvalue weighted by Crippen LogP contribution is 2.50. The minimum Gasteiger partial charge on any atom is -0.756 e. The number of methoxy groups -OCH3 is 3. The summed E-state index contributed by atoms with van der Waals surface area (Å²) in [4.78, 5) is 19.9. The molecular weight excluding hydrogens is 409 g/mol. The summed E-state index contributed by atoms with van der Waals surface area (Å²) in [5, 5.41) is 3.50. The van der Waals surface area contributed by atoms with Crippen molar-refractivity contribution in [2.75, 3.05) is 27.9 Å². The van der Waals surface area contributed by atoms with Gasteiger partial charge in [-0.15, -0.1) is 0 Å². The SMILES string of the molecule is CCN[C@H]1CCc2cc(OC)c(OC)c(OC)c2-c2ccc(COP(=O)([O-])O)cc21. The number of rotatable bonds is 8. The van der Waals surface area contributed by atoms with Gasteiger partial charge in [0.25, 0.3) is 7.82 Å². The fourth-order valence-electron chi connectivity index (χ4n) is 3.99. The topological polar surface area (TPSA) is 109 Å². The minimum atomic E-state index is -4.80. The fraction of sp³-hybridized carbons (Fsp3) is 0.429. The molecule has 2 atom stereocenters. The van der Waals surface area contributed by atoms with Gasteiger partial charge in [-0.05, 0) is 47.7 Å². The van der Waals surface area contributed by atoms with Crippen molar-refractivity contribution in [3.05, 3.63) is 41.0 Å². The van der Waals surface area contributed by atoms with Gasteiger partial charge in [0.2, 0.25) is 5.75 Å². The smallest absolute Gasteiger partial charge is 0.265 e. The monoisotopic (exact) mass is 436 g/mol. The Morgan fingerprint density at radius 2 is 1.90 bits per heavy atom. The van der Waals surface area contributed by atoms with Gasteiger partial charge < -0.3 is 33.8 Å². The number of benzene rings is 2. The van der Waals surface area contributed by atoms with Gasteiger partial charge in [-0.25, -0.2) is 0 Å². The number of aryl methyl sites for hydroxylation is 1. The van der Waals surface area contributed by atoms with E-state index in [0.717, 1.165) is 41.6 Å². The lowest BCUT2D eigenvalue weighted by Gasteiger charge is -2.22. The Bertz CT molecular complexity index is 957. The molecular formula is C21H27NO7P-. The number of phosphoric acid groups is 1. The molecule has 2 N–H and O–H groups in total. The van der Waals surface area contributed by atoms with Crippen molar-refractivity contribution in [3.63, 3.8) is 0 Å². The molecule has 2 aromatic carbocycles. The van der Waals surface area contributed by atoms with Gasteiger partial charge in [0.1, 0.15) is 0 Å². The molecule has 1 aliphatic carbocycles. The number of fused-ring (bicyclic) bond motifs is 3. The van der Waals surface area contributed by atoms with Crippen LogP contribution in [0.2, 0.25) is 0 Å². The van der Waals surface area contributed by atoms with Crippen molar-refractivity contribution in [2.24, 2.45) is 0 Å². The molecule has 8 nitrogen and oxygen atoms in total. The summed E-state index contributed by atoms with van der Waals surface area (Å²) in [5.74, 6) is 1.72. The van der Waals surface area contributed by atoms with E-state index in [2.05, 4.69) is 9.84 Å². The third kappa shape index (κ3) is 4.63. The lowest BCUT2D eigenvalue weighted by atomic mass is 9.92. The first-order chi connectivity index (χ1) is 14.3. The molecule has 0 amide bonds. The number of ether oxygens (including phenoxy) is 3. The summed E-state index contributed by atoms with van der Waals surface area (Å²) in [6, 6.07) is 7.63. The van der Waals surface area contributed by atoms with E-state index < -0.39 is 7.82 Å². The number of phosphoric ester groups is 1. The molecule has 0 heterocycles. The first-order valence-electron chi connectivity index (χ1n) is 9.69. The van der Waals surface area contributed by atoms with E-state index >= 15 is 0 Å². The zero-order valence-electron chi connectivity index (χ0n) is 17.6. The molecule has 9 heteroatoms. The molecule has 0 spiro atoms. The van der Waals surface area contributed by atoms with Gasteiger partial charge in [0, 0.05) is 11.6 Å². The largest absolute Gasteiger partial charge is 0.756 e. The van der Waals surface area contributed by atoms with Gasteiger partial charge >= 0.3 is 0 Å². The zero-order chi connectivity index (χ0) is 21.9. The predicted molar refractivity (Wildman–Crippen MR) is 111 cm³/mol. The molecule has 1 unspecified atom stereocenters. The molecule has 0 bridgehead atoms. The Morgan fingerprint density at radius 1 is 1.17 bits per heavy atom. The summed E-state index contributed by atoms with van der Waals surface area (Å²) in [6.07, 6.45) is 1.62. The Hall–Kier alpha value is -2.09. The molecule has 0 fully saturated rings. The van der Waals surface area contributed by atoms with E-state index in [0.29, 0.717) is 22.8 Å². The second kappa shape index (κ2) is 9.37. The fourth-order valence-corrected chi connectivity index (χ4v) is 4.30. The molecule has 164 valence electrons. The maximum atomic E-state index is 11.0. The van der Waals surface area contributed by atoms with Gasteiger partial charge in [0.15, 0.2) is 11.5 Å². The lowest BCUT2D eigenvalue weighted by molar-refractivity contribution is -0.220. The van der Waals surface area contributed by atoms with Crippen LogP contribution in [0.5, 0.6) is 17.2 Å². The quantitative estimate of drug-likeness (QED) is 0.608. The second-order valence-corrected chi connectivity index (χ2v) is 8.19. The highest BCUT2D eigenvalue weighted by Gasteiger charge is 2.28. The van der Waals surface area contributed by atoms with Crippen molar-refractivity contribution < 1.29 is 33.1 Å². The zero-order valence-corrected chi connectivity index (χ0v) is 18.5. The van der Waals surface area contributed by atoms with E-state index in [1.807, 2.05) is 25.1 Å². The van der Waals surface area contributed by atoms with E-state index in [9.17, 15) is 9.46 Å². The Kier molecular flexibility index (Phi) is 7.06. The Labute approximate surface area is 176 Å². The van der Waals surface area contributed by atoms with Crippen LogP contribution >= 0.6 is 7.82 Å². The number of hydrogen-bond acceptors (Lipinski definition) is 7. The van der Waals surface area contributed by atoms with Crippen molar-refractivity contribution in [1.29, 1.82) is 0 Å². The summed E-state index contributed by atoms with van der Waals surface area (Å²) in [5.41, 5.74) is 4.61. The first-order valence-corrected chi connectivity index (χ1v) is 11.2. The van der Waals surface area contributed by atoms with E-state index in [4.69, 9.17) is 19.1 Å².